The molecule has 0 aliphatic carbocycles. The van der Waals surface area contributed by atoms with E-state index in [2.05, 4.69) is 0 Å². The number of amides is 2. The van der Waals surface area contributed by atoms with Gasteiger partial charge in [-0.1, -0.05) is 11.8 Å². The van der Waals surface area contributed by atoms with Gasteiger partial charge in [0.1, 0.15) is 18.6 Å². The van der Waals surface area contributed by atoms with Crippen molar-refractivity contribution < 1.29 is 38.8 Å². The van der Waals surface area contributed by atoms with Gasteiger partial charge in [0.15, 0.2) is 5.70 Å². The largest absolute Gasteiger partial charge is 0.456 e. The first-order valence-corrected chi connectivity index (χ1v) is 14.9. The number of ether oxygens (including phenoxy) is 2. The van der Waals surface area contributed by atoms with Gasteiger partial charge in [-0.3, -0.25) is 29.9 Å². The first-order chi connectivity index (χ1) is 20.5. The van der Waals surface area contributed by atoms with E-state index in [-0.39, 0.29) is 41.4 Å². The lowest BCUT2D eigenvalue weighted by Gasteiger charge is -2.43. The van der Waals surface area contributed by atoms with Gasteiger partial charge in [-0.2, -0.15) is 0 Å². The molecule has 2 aromatic rings. The van der Waals surface area contributed by atoms with Crippen LogP contribution in [0.4, 0.5) is 16.2 Å². The Morgan fingerprint density at radius 1 is 1.02 bits per heavy atom. The quantitative estimate of drug-likeness (QED) is 0.174. The van der Waals surface area contributed by atoms with Crippen LogP contribution in [0.15, 0.2) is 58.5 Å². The number of carbonyl (C=O) groups excluding carboxylic acids is 3. The molecule has 4 atom stereocenters. The number of β-lactam (4-membered cyclic amide) rings is 1. The summed E-state index contributed by atoms with van der Waals surface area (Å²) < 4.78 is 11.4. The maximum atomic E-state index is 13.2. The summed E-state index contributed by atoms with van der Waals surface area (Å²) in [6.07, 6.45) is -0.842. The molecule has 43 heavy (non-hydrogen) atoms. The van der Waals surface area contributed by atoms with Crippen molar-refractivity contribution in [3.63, 3.8) is 0 Å². The summed E-state index contributed by atoms with van der Waals surface area (Å²) in [4.78, 5) is 62.3. The van der Waals surface area contributed by atoms with Crippen molar-refractivity contribution in [2.24, 2.45) is 5.92 Å². The van der Waals surface area contributed by atoms with E-state index < -0.39 is 39.3 Å². The molecule has 0 saturated carbocycles. The van der Waals surface area contributed by atoms with Crippen LogP contribution in [0.1, 0.15) is 24.5 Å². The second-order valence-corrected chi connectivity index (χ2v) is 12.8. The van der Waals surface area contributed by atoms with Gasteiger partial charge < -0.3 is 19.5 Å². The number of benzene rings is 2. The number of nitro benzene ring substituents is 2. The predicted octanol–water partition coefficient (Wildman–Crippen LogP) is 3.77. The van der Waals surface area contributed by atoms with Crippen LogP contribution >= 0.6 is 23.5 Å². The average molecular weight is 631 g/mol. The monoisotopic (exact) mass is 630 g/mol. The minimum absolute atomic E-state index is 0.0453. The number of nitro groups is 2. The zero-order valence-electron chi connectivity index (χ0n) is 22.7. The molecule has 0 spiro atoms. The fourth-order valence-electron chi connectivity index (χ4n) is 4.85. The highest BCUT2D eigenvalue weighted by molar-refractivity contribution is 8.23. The molecule has 226 valence electrons. The second-order valence-electron chi connectivity index (χ2n) is 10.1. The predicted molar refractivity (Wildman–Crippen MR) is 154 cm³/mol. The van der Waals surface area contributed by atoms with Gasteiger partial charge >= 0.3 is 12.1 Å². The number of fused-ring (bicyclic) bond motifs is 1. The van der Waals surface area contributed by atoms with Crippen molar-refractivity contribution in [3.05, 3.63) is 89.8 Å². The van der Waals surface area contributed by atoms with Crippen molar-refractivity contribution in [3.8, 4) is 0 Å². The standard InChI is InChI=1S/C27H26N4O10S2/c1-15(32)21-23(33)29-22(25(34)40-13-16-2-6-18(7-3-16)30(36)37)26(43-24(21)29)42-20-10-11-28(12-20)27(35)41-14-17-4-8-19(9-5-17)31(38)39/h2-9,15,20-21,24,32H,10-14H2,1H3/t15?,20?,21-,24+/m0/s1. The Bertz CT molecular complexity index is 1480. The Kier molecular flexibility index (Phi) is 8.89. The molecule has 0 radical (unpaired) electrons. The maximum absolute atomic E-state index is 13.2. The highest BCUT2D eigenvalue weighted by Crippen LogP contribution is 2.55. The average Bonchev–Trinajstić information content (AvgIpc) is 3.57. The number of thioether (sulfide) groups is 2. The molecular formula is C27H26N4O10S2. The van der Waals surface area contributed by atoms with Gasteiger partial charge in [0.25, 0.3) is 11.4 Å². The van der Waals surface area contributed by atoms with Crippen LogP contribution in [-0.4, -0.2) is 72.5 Å². The van der Waals surface area contributed by atoms with E-state index in [4.69, 9.17) is 9.47 Å². The van der Waals surface area contributed by atoms with E-state index in [1.807, 2.05) is 0 Å². The van der Waals surface area contributed by atoms with E-state index in [0.717, 1.165) is 0 Å². The molecule has 1 N–H and O–H groups in total. The Labute approximate surface area is 253 Å². The molecule has 0 aromatic heterocycles. The van der Waals surface area contributed by atoms with Crippen LogP contribution in [-0.2, 0) is 32.3 Å². The van der Waals surface area contributed by atoms with Crippen LogP contribution < -0.4 is 0 Å². The summed E-state index contributed by atoms with van der Waals surface area (Å²) in [5.41, 5.74) is 1.07. The Hall–Kier alpha value is -4.15. The van der Waals surface area contributed by atoms with Crippen molar-refractivity contribution >= 4 is 52.9 Å². The summed E-state index contributed by atoms with van der Waals surface area (Å²) in [6, 6.07) is 11.3. The molecule has 3 aliphatic rings. The summed E-state index contributed by atoms with van der Waals surface area (Å²) >= 11 is 2.66. The Morgan fingerprint density at radius 3 is 2.12 bits per heavy atom. The van der Waals surface area contributed by atoms with E-state index in [1.54, 1.807) is 0 Å². The van der Waals surface area contributed by atoms with E-state index >= 15 is 0 Å². The number of esters is 1. The smallest absolute Gasteiger partial charge is 0.410 e. The second kappa shape index (κ2) is 12.6. The van der Waals surface area contributed by atoms with Gasteiger partial charge in [0, 0.05) is 42.6 Å². The molecule has 14 nitrogen and oxygen atoms in total. The summed E-state index contributed by atoms with van der Waals surface area (Å²) in [5, 5.41) is 31.3. The first kappa shape index (κ1) is 30.3. The molecule has 2 saturated heterocycles. The SMILES string of the molecule is CC(O)[C@H]1C(=O)N2C(C(=O)OCc3ccc([N+](=O)[O-])cc3)=C(SC3CCN(C(=O)OCc4ccc([N+](=O)[O-])cc4)C3)S[C@H]12. The first-order valence-electron chi connectivity index (χ1n) is 13.2. The van der Waals surface area contributed by atoms with Crippen LogP contribution in [0.2, 0.25) is 0 Å². The van der Waals surface area contributed by atoms with E-state index in [0.29, 0.717) is 34.9 Å². The molecule has 5 rings (SSSR count). The van der Waals surface area contributed by atoms with E-state index in [9.17, 15) is 39.7 Å². The topological polar surface area (TPSA) is 183 Å². The fraction of sp³-hybridized carbons (Fsp3) is 0.370. The van der Waals surface area contributed by atoms with Crippen molar-refractivity contribution in [1.82, 2.24) is 9.80 Å². The molecule has 2 unspecified atom stereocenters. The molecule has 2 fully saturated rings. The Morgan fingerprint density at radius 2 is 1.58 bits per heavy atom. The molecular weight excluding hydrogens is 604 g/mol. The molecule has 16 heteroatoms. The minimum atomic E-state index is -0.907. The van der Waals surface area contributed by atoms with Crippen LogP contribution in [0.25, 0.3) is 0 Å². The van der Waals surface area contributed by atoms with Crippen molar-refractivity contribution in [2.45, 2.75) is 43.3 Å². The highest BCUT2D eigenvalue weighted by atomic mass is 32.2. The lowest BCUT2D eigenvalue weighted by atomic mass is 9.92. The summed E-state index contributed by atoms with van der Waals surface area (Å²) in [5.74, 6) is -1.78. The lowest BCUT2D eigenvalue weighted by molar-refractivity contribution is -0.385. The molecule has 3 aliphatic heterocycles. The number of rotatable bonds is 10. The Balaban J connectivity index is 1.22. The van der Waals surface area contributed by atoms with Crippen LogP contribution in [0.3, 0.4) is 0 Å². The van der Waals surface area contributed by atoms with Crippen LogP contribution in [0.5, 0.6) is 0 Å². The number of aliphatic hydroxyl groups is 1. The van der Waals surface area contributed by atoms with Gasteiger partial charge in [0.2, 0.25) is 5.91 Å². The molecule has 3 heterocycles. The number of aliphatic hydroxyl groups excluding tert-OH is 1. The molecule has 2 aromatic carbocycles. The maximum Gasteiger partial charge on any atom is 0.410 e. The van der Waals surface area contributed by atoms with Gasteiger partial charge in [0.05, 0.1) is 26.1 Å². The zero-order chi connectivity index (χ0) is 30.8. The fourth-order valence-corrected chi connectivity index (χ4v) is 8.16. The van der Waals surface area contributed by atoms with Crippen LogP contribution in [0, 0.1) is 26.1 Å². The third-order valence-corrected chi connectivity index (χ3v) is 10.0. The number of nitrogens with zero attached hydrogens (tertiary/aromatic N) is 4. The summed E-state index contributed by atoms with van der Waals surface area (Å²) in [6.45, 7) is 2.06. The third kappa shape index (κ3) is 6.45. The lowest BCUT2D eigenvalue weighted by Crippen LogP contribution is -2.60. The third-order valence-electron chi connectivity index (χ3n) is 7.16. The molecule has 0 bridgehead atoms. The van der Waals surface area contributed by atoms with Crippen molar-refractivity contribution in [1.29, 1.82) is 0 Å². The van der Waals surface area contributed by atoms with Gasteiger partial charge in [-0.25, -0.2) is 9.59 Å². The minimum Gasteiger partial charge on any atom is -0.456 e. The summed E-state index contributed by atoms with van der Waals surface area (Å²) in [7, 11) is 0. The number of non-ortho nitro benzene ring substituents is 2. The number of hydrogen-bond acceptors (Lipinski definition) is 12. The van der Waals surface area contributed by atoms with Gasteiger partial charge in [-0.15, -0.1) is 11.8 Å². The number of hydrogen-bond donors (Lipinski definition) is 1. The molecule has 2 amide bonds. The normalized spacial score (nSPS) is 21.7. The van der Waals surface area contributed by atoms with Gasteiger partial charge in [-0.05, 0) is 48.7 Å². The van der Waals surface area contributed by atoms with Crippen molar-refractivity contribution in [2.75, 3.05) is 13.1 Å². The number of carbonyl (C=O) groups is 3. The highest BCUT2D eigenvalue weighted by Gasteiger charge is 2.58. The zero-order valence-corrected chi connectivity index (χ0v) is 24.3. The number of likely N-dealkylation sites (tertiary alicyclic amines) is 1. The van der Waals surface area contributed by atoms with E-state index in [1.165, 1.54) is 88.8 Å².